The summed E-state index contributed by atoms with van der Waals surface area (Å²) < 4.78 is 13.3. The molecule has 1 aromatic carbocycles. The number of aromatic nitrogens is 1. The first-order valence-corrected chi connectivity index (χ1v) is 10.5. The number of nitrogens with zero attached hydrogens (tertiary/aromatic N) is 2. The van der Waals surface area contributed by atoms with Crippen molar-refractivity contribution in [3.8, 4) is 11.4 Å². The average molecular weight is 396 g/mol. The lowest BCUT2D eigenvalue weighted by atomic mass is 9.82. The van der Waals surface area contributed by atoms with Gasteiger partial charge in [-0.3, -0.25) is 0 Å². The molecule has 2 N–H and O–H groups in total. The molecule has 7 nitrogen and oxygen atoms in total. The molecular weight excluding hydrogens is 368 g/mol. The predicted octanol–water partition coefficient (Wildman–Crippen LogP) is 3.09. The Bertz CT molecular complexity index is 895. The molecule has 0 bridgehead atoms. The Kier molecular flexibility index (Phi) is 4.62. The van der Waals surface area contributed by atoms with E-state index in [9.17, 15) is 4.79 Å². The molecule has 29 heavy (non-hydrogen) atoms. The lowest BCUT2D eigenvalue weighted by Crippen LogP contribution is -2.53. The molecule has 154 valence electrons. The van der Waals surface area contributed by atoms with Crippen LogP contribution >= 0.6 is 0 Å². The van der Waals surface area contributed by atoms with Crippen LogP contribution in [0.3, 0.4) is 0 Å². The van der Waals surface area contributed by atoms with Gasteiger partial charge in [0, 0.05) is 44.2 Å². The van der Waals surface area contributed by atoms with Crippen molar-refractivity contribution >= 4 is 11.7 Å². The van der Waals surface area contributed by atoms with Gasteiger partial charge >= 0.3 is 6.03 Å². The highest BCUT2D eigenvalue weighted by Gasteiger charge is 2.42. The molecule has 3 aliphatic heterocycles. The summed E-state index contributed by atoms with van der Waals surface area (Å²) in [6, 6.07) is 10.4. The summed E-state index contributed by atoms with van der Waals surface area (Å²) >= 11 is 0. The molecule has 0 aliphatic carbocycles. The van der Waals surface area contributed by atoms with E-state index in [1.165, 1.54) is 5.69 Å². The minimum absolute atomic E-state index is 0.0172. The number of carbonyl (C=O) groups is 1. The topological polar surface area (TPSA) is 67.8 Å². The molecule has 1 unspecified atom stereocenters. The first kappa shape index (κ1) is 18.4. The Morgan fingerprint density at radius 2 is 2.21 bits per heavy atom. The van der Waals surface area contributed by atoms with E-state index in [4.69, 9.17) is 9.47 Å². The SMILES string of the molecule is COc1ccc2c(c1)NC1(CCN(C(=O)NCC3CCCO3)CC1)c1cccn1-2. The number of benzene rings is 1. The molecule has 1 atom stereocenters. The van der Waals surface area contributed by atoms with Gasteiger partial charge in [0.1, 0.15) is 5.75 Å². The molecule has 7 heteroatoms. The van der Waals surface area contributed by atoms with Crippen LogP contribution in [0.1, 0.15) is 31.4 Å². The smallest absolute Gasteiger partial charge is 0.317 e. The van der Waals surface area contributed by atoms with Gasteiger partial charge in [-0.05, 0) is 49.9 Å². The minimum Gasteiger partial charge on any atom is -0.497 e. The highest BCUT2D eigenvalue weighted by molar-refractivity contribution is 5.75. The number of anilines is 1. The first-order valence-electron chi connectivity index (χ1n) is 10.5. The Balaban J connectivity index is 1.30. The van der Waals surface area contributed by atoms with E-state index in [-0.39, 0.29) is 17.7 Å². The number of hydrogen-bond donors (Lipinski definition) is 2. The number of nitrogens with one attached hydrogen (secondary N) is 2. The summed E-state index contributed by atoms with van der Waals surface area (Å²) in [5.74, 6) is 0.841. The number of likely N-dealkylation sites (tertiary alicyclic amines) is 1. The molecule has 0 radical (unpaired) electrons. The third kappa shape index (κ3) is 3.23. The molecule has 2 fully saturated rings. The van der Waals surface area contributed by atoms with Crippen molar-refractivity contribution in [3.63, 3.8) is 0 Å². The van der Waals surface area contributed by atoms with Crippen LogP contribution in [0.5, 0.6) is 5.75 Å². The number of methoxy groups -OCH3 is 1. The number of amides is 2. The number of carbonyl (C=O) groups excluding carboxylic acids is 1. The molecule has 1 spiro atoms. The number of piperidine rings is 1. The number of urea groups is 1. The van der Waals surface area contributed by atoms with Gasteiger partial charge in [0.15, 0.2) is 0 Å². The van der Waals surface area contributed by atoms with Crippen LogP contribution in [0, 0.1) is 0 Å². The van der Waals surface area contributed by atoms with Gasteiger partial charge in [-0.25, -0.2) is 4.79 Å². The Hall–Kier alpha value is -2.67. The van der Waals surface area contributed by atoms with E-state index in [0.29, 0.717) is 6.54 Å². The largest absolute Gasteiger partial charge is 0.497 e. The quantitative estimate of drug-likeness (QED) is 0.837. The van der Waals surface area contributed by atoms with Crippen LogP contribution in [0.15, 0.2) is 36.5 Å². The zero-order valence-electron chi connectivity index (χ0n) is 16.8. The van der Waals surface area contributed by atoms with Gasteiger partial charge in [0.25, 0.3) is 0 Å². The number of ether oxygens (including phenoxy) is 2. The van der Waals surface area contributed by atoms with Gasteiger partial charge in [0.2, 0.25) is 0 Å². The van der Waals surface area contributed by atoms with E-state index in [1.54, 1.807) is 7.11 Å². The maximum Gasteiger partial charge on any atom is 0.317 e. The maximum atomic E-state index is 12.6. The highest BCUT2D eigenvalue weighted by Crippen LogP contribution is 2.44. The van der Waals surface area contributed by atoms with Crippen molar-refractivity contribution in [1.82, 2.24) is 14.8 Å². The van der Waals surface area contributed by atoms with E-state index in [0.717, 1.165) is 62.5 Å². The van der Waals surface area contributed by atoms with Crippen LogP contribution in [0.4, 0.5) is 10.5 Å². The van der Waals surface area contributed by atoms with Gasteiger partial charge < -0.3 is 29.6 Å². The van der Waals surface area contributed by atoms with Crippen LogP contribution < -0.4 is 15.4 Å². The Morgan fingerprint density at radius 3 is 2.97 bits per heavy atom. The summed E-state index contributed by atoms with van der Waals surface area (Å²) in [5.41, 5.74) is 3.29. The van der Waals surface area contributed by atoms with Crippen molar-refractivity contribution in [2.24, 2.45) is 0 Å². The fraction of sp³-hybridized carbons (Fsp3) is 0.500. The number of rotatable bonds is 3. The highest BCUT2D eigenvalue weighted by atomic mass is 16.5. The third-order valence-corrected chi connectivity index (χ3v) is 6.49. The van der Waals surface area contributed by atoms with E-state index >= 15 is 0 Å². The van der Waals surface area contributed by atoms with Crippen molar-refractivity contribution in [2.75, 3.05) is 38.7 Å². The molecule has 2 amide bonds. The minimum atomic E-state index is -0.172. The van der Waals surface area contributed by atoms with E-state index in [2.05, 4.69) is 45.7 Å². The monoisotopic (exact) mass is 396 g/mol. The maximum absolute atomic E-state index is 12.6. The molecule has 0 saturated carbocycles. The normalized spacial score (nSPS) is 22.0. The molecule has 1 aromatic heterocycles. The predicted molar refractivity (Wildman–Crippen MR) is 111 cm³/mol. The molecule has 5 rings (SSSR count). The van der Waals surface area contributed by atoms with Crippen LogP contribution in [-0.2, 0) is 10.3 Å². The van der Waals surface area contributed by atoms with Gasteiger partial charge in [-0.1, -0.05) is 0 Å². The Morgan fingerprint density at radius 1 is 1.34 bits per heavy atom. The van der Waals surface area contributed by atoms with Crippen molar-refractivity contribution in [3.05, 3.63) is 42.2 Å². The first-order chi connectivity index (χ1) is 14.2. The van der Waals surface area contributed by atoms with Crippen LogP contribution in [0.2, 0.25) is 0 Å². The summed E-state index contributed by atoms with van der Waals surface area (Å²) in [4.78, 5) is 14.5. The Labute approximate surface area is 171 Å². The second kappa shape index (κ2) is 7.30. The van der Waals surface area contributed by atoms with E-state index in [1.807, 2.05) is 11.0 Å². The molecule has 3 aliphatic rings. The van der Waals surface area contributed by atoms with Gasteiger partial charge in [-0.2, -0.15) is 0 Å². The van der Waals surface area contributed by atoms with Crippen molar-refractivity contribution < 1.29 is 14.3 Å². The second-order valence-electron chi connectivity index (χ2n) is 8.16. The molecule has 4 heterocycles. The molecule has 2 aromatic rings. The fourth-order valence-corrected chi connectivity index (χ4v) is 4.85. The van der Waals surface area contributed by atoms with E-state index < -0.39 is 0 Å². The summed E-state index contributed by atoms with van der Waals surface area (Å²) in [5, 5.41) is 6.84. The standard InChI is InChI=1S/C22H28N4O3/c1-28-16-6-7-19-18(14-16)24-22(20-5-2-10-26(19)20)8-11-25(12-9-22)21(27)23-15-17-4-3-13-29-17/h2,5-7,10,14,17,24H,3-4,8-9,11-13,15H2,1H3,(H,23,27). The number of hydrogen-bond acceptors (Lipinski definition) is 4. The summed E-state index contributed by atoms with van der Waals surface area (Å²) in [6.45, 7) is 2.85. The van der Waals surface area contributed by atoms with Crippen LogP contribution in [-0.4, -0.2) is 55.0 Å². The van der Waals surface area contributed by atoms with Crippen LogP contribution in [0.25, 0.3) is 5.69 Å². The fourth-order valence-electron chi connectivity index (χ4n) is 4.85. The third-order valence-electron chi connectivity index (χ3n) is 6.49. The molecular formula is C22H28N4O3. The lowest BCUT2D eigenvalue weighted by Gasteiger charge is -2.46. The number of fused-ring (bicyclic) bond motifs is 4. The zero-order valence-corrected chi connectivity index (χ0v) is 16.8. The summed E-state index contributed by atoms with van der Waals surface area (Å²) in [7, 11) is 1.69. The average Bonchev–Trinajstić information content (AvgIpc) is 3.45. The second-order valence-corrected chi connectivity index (χ2v) is 8.16. The van der Waals surface area contributed by atoms with Gasteiger partial charge in [-0.15, -0.1) is 0 Å². The van der Waals surface area contributed by atoms with Crippen molar-refractivity contribution in [1.29, 1.82) is 0 Å². The van der Waals surface area contributed by atoms with Gasteiger partial charge in [0.05, 0.1) is 30.1 Å². The zero-order chi connectivity index (χ0) is 19.8. The van der Waals surface area contributed by atoms with Crippen molar-refractivity contribution in [2.45, 2.75) is 37.3 Å². The molecule has 2 saturated heterocycles. The lowest BCUT2D eigenvalue weighted by molar-refractivity contribution is 0.106. The summed E-state index contributed by atoms with van der Waals surface area (Å²) in [6.07, 6.45) is 6.13.